The van der Waals surface area contributed by atoms with Gasteiger partial charge >= 0.3 is 12.0 Å². The zero-order valence-electron chi connectivity index (χ0n) is 10.7. The molecule has 0 radical (unpaired) electrons. The van der Waals surface area contributed by atoms with Crippen LogP contribution in [0.3, 0.4) is 0 Å². The number of aromatic carboxylic acids is 1. The van der Waals surface area contributed by atoms with Gasteiger partial charge in [-0.2, -0.15) is 0 Å². The van der Waals surface area contributed by atoms with E-state index in [2.05, 4.69) is 10.3 Å². The second kappa shape index (κ2) is 5.87. The number of carboxylic acids is 1. The SMILES string of the molecule is CN(Cc1ccco1)C(=O)Nc1cncc(C(=O)O)c1. The zero-order chi connectivity index (χ0) is 14.5. The Morgan fingerprint density at radius 1 is 1.45 bits per heavy atom. The van der Waals surface area contributed by atoms with Crippen LogP contribution in [0.2, 0.25) is 0 Å². The van der Waals surface area contributed by atoms with Crippen LogP contribution in [-0.4, -0.2) is 34.0 Å². The maximum absolute atomic E-state index is 11.9. The number of furan rings is 1. The lowest BCUT2D eigenvalue weighted by Crippen LogP contribution is -2.30. The third-order valence-electron chi connectivity index (χ3n) is 2.56. The number of urea groups is 1. The van der Waals surface area contributed by atoms with Crippen LogP contribution in [-0.2, 0) is 6.54 Å². The first kappa shape index (κ1) is 13.6. The van der Waals surface area contributed by atoms with Gasteiger partial charge in [0.15, 0.2) is 0 Å². The van der Waals surface area contributed by atoms with Gasteiger partial charge in [-0.25, -0.2) is 9.59 Å². The van der Waals surface area contributed by atoms with Crippen molar-refractivity contribution in [3.63, 3.8) is 0 Å². The maximum atomic E-state index is 11.9. The summed E-state index contributed by atoms with van der Waals surface area (Å²) in [5.74, 6) is -0.447. The molecule has 2 amide bonds. The predicted molar refractivity (Wildman–Crippen MR) is 70.4 cm³/mol. The van der Waals surface area contributed by atoms with E-state index in [9.17, 15) is 9.59 Å². The molecule has 0 aliphatic rings. The monoisotopic (exact) mass is 275 g/mol. The average molecular weight is 275 g/mol. The van der Waals surface area contributed by atoms with Crippen molar-refractivity contribution in [2.75, 3.05) is 12.4 Å². The molecule has 2 heterocycles. The molecule has 2 aromatic rings. The first-order valence-corrected chi connectivity index (χ1v) is 5.79. The number of nitrogens with one attached hydrogen (secondary N) is 1. The van der Waals surface area contributed by atoms with Crippen LogP contribution in [0.5, 0.6) is 0 Å². The normalized spacial score (nSPS) is 10.1. The Hall–Kier alpha value is -2.83. The fraction of sp³-hybridized carbons (Fsp3) is 0.154. The number of rotatable bonds is 4. The number of carbonyl (C=O) groups is 2. The first-order chi connectivity index (χ1) is 9.56. The number of carbonyl (C=O) groups excluding carboxylic acids is 1. The van der Waals surface area contributed by atoms with E-state index in [0.29, 0.717) is 18.0 Å². The minimum atomic E-state index is -1.10. The van der Waals surface area contributed by atoms with E-state index in [1.165, 1.54) is 29.6 Å². The van der Waals surface area contributed by atoms with Gasteiger partial charge in [-0.15, -0.1) is 0 Å². The Morgan fingerprint density at radius 2 is 2.25 bits per heavy atom. The molecule has 0 spiro atoms. The highest BCUT2D eigenvalue weighted by Crippen LogP contribution is 2.10. The van der Waals surface area contributed by atoms with Crippen LogP contribution in [0.1, 0.15) is 16.1 Å². The topological polar surface area (TPSA) is 95.7 Å². The Balaban J connectivity index is 2.00. The van der Waals surface area contributed by atoms with Crippen molar-refractivity contribution in [2.45, 2.75) is 6.54 Å². The Labute approximate surface area is 114 Å². The van der Waals surface area contributed by atoms with Crippen molar-refractivity contribution >= 4 is 17.7 Å². The summed E-state index contributed by atoms with van der Waals surface area (Å²) in [5, 5.41) is 11.4. The van der Waals surface area contributed by atoms with E-state index >= 15 is 0 Å². The van der Waals surface area contributed by atoms with Gasteiger partial charge < -0.3 is 19.7 Å². The van der Waals surface area contributed by atoms with E-state index in [-0.39, 0.29) is 11.6 Å². The number of anilines is 1. The fourth-order valence-electron chi connectivity index (χ4n) is 1.55. The minimum absolute atomic E-state index is 0.0106. The van der Waals surface area contributed by atoms with Gasteiger partial charge in [0.1, 0.15) is 5.76 Å². The Bertz CT molecular complexity index is 610. The highest BCUT2D eigenvalue weighted by atomic mass is 16.4. The van der Waals surface area contributed by atoms with E-state index in [4.69, 9.17) is 9.52 Å². The van der Waals surface area contributed by atoms with E-state index in [0.717, 1.165) is 0 Å². The molecular weight excluding hydrogens is 262 g/mol. The molecule has 0 aliphatic carbocycles. The number of hydrogen-bond acceptors (Lipinski definition) is 4. The summed E-state index contributed by atoms with van der Waals surface area (Å²) < 4.78 is 5.14. The molecule has 7 heteroatoms. The number of pyridine rings is 1. The summed E-state index contributed by atoms with van der Waals surface area (Å²) in [5.41, 5.74) is 0.331. The van der Waals surface area contributed by atoms with Gasteiger partial charge in [-0.3, -0.25) is 4.98 Å². The summed E-state index contributed by atoms with van der Waals surface area (Å²) in [6.07, 6.45) is 4.12. The predicted octanol–water partition coefficient (Wildman–Crippen LogP) is 2.04. The largest absolute Gasteiger partial charge is 0.478 e. The molecule has 2 N–H and O–H groups in total. The van der Waals surface area contributed by atoms with E-state index in [1.807, 2.05) is 0 Å². The minimum Gasteiger partial charge on any atom is -0.478 e. The van der Waals surface area contributed by atoms with Crippen molar-refractivity contribution in [2.24, 2.45) is 0 Å². The van der Waals surface area contributed by atoms with Crippen LogP contribution < -0.4 is 5.32 Å². The van der Waals surface area contributed by atoms with E-state index < -0.39 is 5.97 Å². The van der Waals surface area contributed by atoms with Crippen LogP contribution in [0.25, 0.3) is 0 Å². The van der Waals surface area contributed by atoms with Crippen molar-refractivity contribution in [1.82, 2.24) is 9.88 Å². The third kappa shape index (κ3) is 3.35. The molecule has 2 aromatic heterocycles. The highest BCUT2D eigenvalue weighted by molar-refractivity contribution is 5.92. The van der Waals surface area contributed by atoms with Gasteiger partial charge in [0.05, 0.1) is 30.3 Å². The standard InChI is InChI=1S/C13H13N3O4/c1-16(8-11-3-2-4-20-11)13(19)15-10-5-9(12(17)18)6-14-7-10/h2-7H,8H2,1H3,(H,15,19)(H,17,18). The molecule has 0 bridgehead atoms. The lowest BCUT2D eigenvalue weighted by Gasteiger charge is -2.16. The number of aromatic nitrogens is 1. The van der Waals surface area contributed by atoms with Gasteiger partial charge in [0, 0.05) is 13.2 Å². The van der Waals surface area contributed by atoms with Crippen molar-refractivity contribution in [3.8, 4) is 0 Å². The Morgan fingerprint density at radius 3 is 2.90 bits per heavy atom. The molecule has 0 aliphatic heterocycles. The van der Waals surface area contributed by atoms with Crippen LogP contribution in [0, 0.1) is 0 Å². The molecule has 104 valence electrons. The number of amides is 2. The smallest absolute Gasteiger partial charge is 0.337 e. The molecule has 0 atom stereocenters. The molecule has 20 heavy (non-hydrogen) atoms. The van der Waals surface area contributed by atoms with Gasteiger partial charge in [0.25, 0.3) is 0 Å². The number of carboxylic acid groups (broad SMARTS) is 1. The van der Waals surface area contributed by atoms with E-state index in [1.54, 1.807) is 19.2 Å². The summed E-state index contributed by atoms with van der Waals surface area (Å²) in [6.45, 7) is 0.310. The van der Waals surface area contributed by atoms with Crippen molar-refractivity contribution in [1.29, 1.82) is 0 Å². The summed E-state index contributed by atoms with van der Waals surface area (Å²) in [4.78, 5) is 27.9. The molecule has 0 fully saturated rings. The second-order valence-corrected chi connectivity index (χ2v) is 4.13. The molecule has 0 aromatic carbocycles. The van der Waals surface area contributed by atoms with Gasteiger partial charge in [-0.1, -0.05) is 0 Å². The molecular formula is C13H13N3O4. The third-order valence-corrected chi connectivity index (χ3v) is 2.56. The molecule has 2 rings (SSSR count). The second-order valence-electron chi connectivity index (χ2n) is 4.13. The number of hydrogen-bond donors (Lipinski definition) is 2. The molecule has 7 nitrogen and oxygen atoms in total. The van der Waals surface area contributed by atoms with Crippen molar-refractivity contribution < 1.29 is 19.1 Å². The Kier molecular flexibility index (Phi) is 3.99. The summed E-state index contributed by atoms with van der Waals surface area (Å²) >= 11 is 0. The van der Waals surface area contributed by atoms with Gasteiger partial charge in [0.2, 0.25) is 0 Å². The molecule has 0 unspecified atom stereocenters. The first-order valence-electron chi connectivity index (χ1n) is 5.79. The van der Waals surface area contributed by atoms with Gasteiger partial charge in [-0.05, 0) is 18.2 Å². The lowest BCUT2D eigenvalue weighted by molar-refractivity contribution is 0.0696. The van der Waals surface area contributed by atoms with Crippen LogP contribution in [0.4, 0.5) is 10.5 Å². The van der Waals surface area contributed by atoms with Crippen LogP contribution in [0.15, 0.2) is 41.3 Å². The quantitative estimate of drug-likeness (QED) is 0.890. The number of nitrogens with zero attached hydrogens (tertiary/aromatic N) is 2. The van der Waals surface area contributed by atoms with Crippen molar-refractivity contribution in [3.05, 3.63) is 48.2 Å². The highest BCUT2D eigenvalue weighted by Gasteiger charge is 2.12. The van der Waals surface area contributed by atoms with Crippen LogP contribution >= 0.6 is 0 Å². The fourth-order valence-corrected chi connectivity index (χ4v) is 1.55. The molecule has 0 saturated carbocycles. The summed E-state index contributed by atoms with van der Waals surface area (Å²) in [6, 6.07) is 4.46. The lowest BCUT2D eigenvalue weighted by atomic mass is 10.2. The maximum Gasteiger partial charge on any atom is 0.337 e. The summed E-state index contributed by atoms with van der Waals surface area (Å²) in [7, 11) is 1.60. The zero-order valence-corrected chi connectivity index (χ0v) is 10.7. The average Bonchev–Trinajstić information content (AvgIpc) is 2.91. The molecule has 0 saturated heterocycles.